The SMILES string of the molecule is Cc1ccc(COc2cccc(/C=N\NC(=O)c3ccccc3Cl)c2)cc1. The van der Waals surface area contributed by atoms with E-state index in [1.807, 2.05) is 36.4 Å². The second-order valence-corrected chi connectivity index (χ2v) is 6.43. The van der Waals surface area contributed by atoms with Gasteiger partial charge in [-0.3, -0.25) is 4.79 Å². The minimum atomic E-state index is -0.358. The van der Waals surface area contributed by atoms with Crippen LogP contribution >= 0.6 is 11.6 Å². The lowest BCUT2D eigenvalue weighted by atomic mass is 10.2. The van der Waals surface area contributed by atoms with Crippen LogP contribution in [-0.2, 0) is 6.61 Å². The highest BCUT2D eigenvalue weighted by atomic mass is 35.5. The number of ether oxygens (including phenoxy) is 1. The van der Waals surface area contributed by atoms with Crippen LogP contribution in [0.15, 0.2) is 77.9 Å². The molecule has 0 spiro atoms. The molecule has 3 aromatic carbocycles. The van der Waals surface area contributed by atoms with Crippen LogP contribution in [0.2, 0.25) is 5.02 Å². The number of aryl methyl sites for hydroxylation is 1. The molecule has 0 aliphatic heterocycles. The lowest BCUT2D eigenvalue weighted by Crippen LogP contribution is -2.17. The molecule has 0 bridgehead atoms. The molecule has 0 aliphatic carbocycles. The first-order valence-corrected chi connectivity index (χ1v) is 8.86. The van der Waals surface area contributed by atoms with Crippen LogP contribution in [-0.4, -0.2) is 12.1 Å². The molecule has 136 valence electrons. The summed E-state index contributed by atoms with van der Waals surface area (Å²) in [5.41, 5.74) is 5.99. The number of carbonyl (C=O) groups excluding carboxylic acids is 1. The molecule has 1 amide bonds. The first-order chi connectivity index (χ1) is 13.1. The van der Waals surface area contributed by atoms with E-state index in [-0.39, 0.29) is 5.91 Å². The first-order valence-electron chi connectivity index (χ1n) is 8.48. The van der Waals surface area contributed by atoms with Crippen LogP contribution in [0.4, 0.5) is 0 Å². The Hall–Kier alpha value is -3.11. The number of carbonyl (C=O) groups is 1. The van der Waals surface area contributed by atoms with E-state index in [0.717, 1.165) is 16.9 Å². The maximum atomic E-state index is 12.1. The lowest BCUT2D eigenvalue weighted by Gasteiger charge is -2.07. The number of hydrogen-bond acceptors (Lipinski definition) is 3. The van der Waals surface area contributed by atoms with E-state index >= 15 is 0 Å². The fourth-order valence-corrected chi connectivity index (χ4v) is 2.63. The van der Waals surface area contributed by atoms with E-state index < -0.39 is 0 Å². The van der Waals surface area contributed by atoms with Crippen LogP contribution in [0, 0.1) is 6.92 Å². The Bertz CT molecular complexity index is 953. The van der Waals surface area contributed by atoms with E-state index in [4.69, 9.17) is 16.3 Å². The molecule has 0 fully saturated rings. The summed E-state index contributed by atoms with van der Waals surface area (Å²) >= 11 is 6.00. The van der Waals surface area contributed by atoms with Gasteiger partial charge < -0.3 is 4.74 Å². The molecule has 0 aromatic heterocycles. The zero-order valence-corrected chi connectivity index (χ0v) is 15.6. The standard InChI is InChI=1S/C22H19ClN2O2/c1-16-9-11-17(12-10-16)15-27-19-6-4-5-18(13-19)14-24-25-22(26)20-7-2-3-8-21(20)23/h2-14H,15H2,1H3,(H,25,26)/b24-14-. The second-order valence-electron chi connectivity index (χ2n) is 6.03. The molecule has 5 heteroatoms. The van der Waals surface area contributed by atoms with Gasteiger partial charge >= 0.3 is 0 Å². The highest BCUT2D eigenvalue weighted by Gasteiger charge is 2.07. The van der Waals surface area contributed by atoms with Crippen molar-refractivity contribution < 1.29 is 9.53 Å². The van der Waals surface area contributed by atoms with Crippen molar-refractivity contribution >= 4 is 23.7 Å². The van der Waals surface area contributed by atoms with Crippen LogP contribution in [0.5, 0.6) is 5.75 Å². The molecular weight excluding hydrogens is 360 g/mol. The Morgan fingerprint density at radius 1 is 1.07 bits per heavy atom. The van der Waals surface area contributed by atoms with Gasteiger partial charge in [-0.25, -0.2) is 5.43 Å². The lowest BCUT2D eigenvalue weighted by molar-refractivity contribution is 0.0955. The molecule has 0 radical (unpaired) electrons. The van der Waals surface area contributed by atoms with Gasteiger partial charge in [0.05, 0.1) is 16.8 Å². The number of nitrogens with zero attached hydrogens (tertiary/aromatic N) is 1. The maximum Gasteiger partial charge on any atom is 0.272 e. The topological polar surface area (TPSA) is 50.7 Å². The summed E-state index contributed by atoms with van der Waals surface area (Å²) in [6.07, 6.45) is 1.56. The predicted molar refractivity (Wildman–Crippen MR) is 108 cm³/mol. The third-order valence-electron chi connectivity index (χ3n) is 3.88. The van der Waals surface area contributed by atoms with Gasteiger partial charge in [0.1, 0.15) is 12.4 Å². The van der Waals surface area contributed by atoms with E-state index in [0.29, 0.717) is 17.2 Å². The van der Waals surface area contributed by atoms with Crippen molar-refractivity contribution in [3.63, 3.8) is 0 Å². The maximum absolute atomic E-state index is 12.1. The van der Waals surface area contributed by atoms with E-state index in [9.17, 15) is 4.79 Å². The van der Waals surface area contributed by atoms with Crippen LogP contribution < -0.4 is 10.2 Å². The third-order valence-corrected chi connectivity index (χ3v) is 4.21. The third kappa shape index (κ3) is 5.43. The Kier molecular flexibility index (Phi) is 6.23. The summed E-state index contributed by atoms with van der Waals surface area (Å²) in [6, 6.07) is 22.5. The predicted octanol–water partition coefficient (Wildman–Crippen LogP) is 4.99. The highest BCUT2D eigenvalue weighted by molar-refractivity contribution is 6.33. The zero-order valence-electron chi connectivity index (χ0n) is 14.9. The average Bonchev–Trinajstić information content (AvgIpc) is 2.68. The zero-order chi connectivity index (χ0) is 19.1. The summed E-state index contributed by atoms with van der Waals surface area (Å²) in [6.45, 7) is 2.54. The highest BCUT2D eigenvalue weighted by Crippen LogP contribution is 2.16. The Labute approximate surface area is 163 Å². The van der Waals surface area contributed by atoms with Gasteiger partial charge in [0, 0.05) is 0 Å². The summed E-state index contributed by atoms with van der Waals surface area (Å²) in [5, 5.41) is 4.38. The number of hydrogen-bond donors (Lipinski definition) is 1. The molecule has 0 aliphatic rings. The minimum absolute atomic E-state index is 0.358. The van der Waals surface area contributed by atoms with Crippen molar-refractivity contribution in [2.24, 2.45) is 5.10 Å². The van der Waals surface area contributed by atoms with Crippen molar-refractivity contribution in [3.8, 4) is 5.75 Å². The van der Waals surface area contributed by atoms with Gasteiger partial charge in [-0.15, -0.1) is 0 Å². The van der Waals surface area contributed by atoms with E-state index in [1.54, 1.807) is 30.5 Å². The van der Waals surface area contributed by atoms with Crippen molar-refractivity contribution in [1.82, 2.24) is 5.43 Å². The number of hydrazone groups is 1. The largest absolute Gasteiger partial charge is 0.489 e. The van der Waals surface area contributed by atoms with Crippen molar-refractivity contribution in [1.29, 1.82) is 0 Å². The summed E-state index contributed by atoms with van der Waals surface area (Å²) < 4.78 is 5.82. The molecule has 3 rings (SSSR count). The Morgan fingerprint density at radius 2 is 1.85 bits per heavy atom. The van der Waals surface area contributed by atoms with Gasteiger partial charge in [-0.05, 0) is 42.3 Å². The Morgan fingerprint density at radius 3 is 2.63 bits per heavy atom. The number of nitrogens with one attached hydrogen (secondary N) is 1. The smallest absolute Gasteiger partial charge is 0.272 e. The van der Waals surface area contributed by atoms with Gasteiger partial charge in [0.2, 0.25) is 0 Å². The van der Waals surface area contributed by atoms with Crippen LogP contribution in [0.25, 0.3) is 0 Å². The molecule has 0 saturated heterocycles. The monoisotopic (exact) mass is 378 g/mol. The normalized spacial score (nSPS) is 10.7. The molecule has 4 nitrogen and oxygen atoms in total. The van der Waals surface area contributed by atoms with Crippen LogP contribution in [0.3, 0.4) is 0 Å². The fraction of sp³-hybridized carbons (Fsp3) is 0.0909. The fourth-order valence-electron chi connectivity index (χ4n) is 2.41. The number of rotatable bonds is 6. The molecule has 27 heavy (non-hydrogen) atoms. The minimum Gasteiger partial charge on any atom is -0.489 e. The number of halogens is 1. The number of benzene rings is 3. The first kappa shape index (κ1) is 18.7. The van der Waals surface area contributed by atoms with Crippen molar-refractivity contribution in [3.05, 3.63) is 100 Å². The molecule has 0 unspecified atom stereocenters. The summed E-state index contributed by atoms with van der Waals surface area (Å²) in [5.74, 6) is 0.376. The summed E-state index contributed by atoms with van der Waals surface area (Å²) in [4.78, 5) is 12.1. The van der Waals surface area contributed by atoms with Gasteiger partial charge in [0.25, 0.3) is 5.91 Å². The molecule has 1 N–H and O–H groups in total. The number of amides is 1. The quantitative estimate of drug-likeness (QED) is 0.485. The molecule has 0 saturated carbocycles. The van der Waals surface area contributed by atoms with E-state index in [1.165, 1.54) is 5.56 Å². The molecule has 0 heterocycles. The molecule has 0 atom stereocenters. The van der Waals surface area contributed by atoms with Crippen LogP contribution in [0.1, 0.15) is 27.0 Å². The van der Waals surface area contributed by atoms with Gasteiger partial charge in [-0.2, -0.15) is 5.10 Å². The molecular formula is C22H19ClN2O2. The summed E-state index contributed by atoms with van der Waals surface area (Å²) in [7, 11) is 0. The average molecular weight is 379 g/mol. The Balaban J connectivity index is 1.58. The van der Waals surface area contributed by atoms with Crippen molar-refractivity contribution in [2.75, 3.05) is 0 Å². The molecule has 3 aromatic rings. The van der Waals surface area contributed by atoms with Gasteiger partial charge in [0.15, 0.2) is 0 Å². The van der Waals surface area contributed by atoms with Crippen molar-refractivity contribution in [2.45, 2.75) is 13.5 Å². The van der Waals surface area contributed by atoms with Gasteiger partial charge in [-0.1, -0.05) is 65.7 Å². The van der Waals surface area contributed by atoms with E-state index in [2.05, 4.69) is 29.6 Å². The second kappa shape index (κ2) is 9.01.